The summed E-state index contributed by atoms with van der Waals surface area (Å²) in [4.78, 5) is 36.0. The number of anilines is 1. The molecule has 1 N–H and O–H groups in total. The molecule has 2 bridgehead atoms. The van der Waals surface area contributed by atoms with Crippen molar-refractivity contribution in [2.24, 2.45) is 23.7 Å². The molecule has 1 aliphatic heterocycles. The Bertz CT molecular complexity index is 656. The van der Waals surface area contributed by atoms with Crippen molar-refractivity contribution in [2.75, 3.05) is 11.9 Å². The summed E-state index contributed by atoms with van der Waals surface area (Å²) < 4.78 is 10.5. The van der Waals surface area contributed by atoms with Gasteiger partial charge < -0.3 is 14.8 Å². The third-order valence-electron chi connectivity index (χ3n) is 5.16. The fourth-order valence-corrected chi connectivity index (χ4v) is 4.28. The molecule has 2 saturated carbocycles. The van der Waals surface area contributed by atoms with E-state index in [1.54, 1.807) is 24.3 Å². The Kier molecular flexibility index (Phi) is 3.32. The number of fused-ring (bicyclic) bond motifs is 1. The standard InChI is InChI=1S/C17H17NO5/c19-13(18-10-4-2-1-3-5-10)8-22-16(20)14-9-6-11-12(7-9)23-17(21)15(11)14/h1-5,9,11-12,14-15H,6-8H2,(H,18,19)/t9-,11+,12+,14-,15-/m1/s1. The van der Waals surface area contributed by atoms with Gasteiger partial charge in [0.2, 0.25) is 0 Å². The molecule has 6 heteroatoms. The van der Waals surface area contributed by atoms with Crippen molar-refractivity contribution >= 4 is 23.5 Å². The first kappa shape index (κ1) is 14.2. The van der Waals surface area contributed by atoms with Gasteiger partial charge in [-0.3, -0.25) is 14.4 Å². The van der Waals surface area contributed by atoms with E-state index in [4.69, 9.17) is 9.47 Å². The molecule has 2 aliphatic carbocycles. The lowest BCUT2D eigenvalue weighted by atomic mass is 9.80. The van der Waals surface area contributed by atoms with Gasteiger partial charge in [0, 0.05) is 11.6 Å². The van der Waals surface area contributed by atoms with Gasteiger partial charge in [0.1, 0.15) is 6.10 Å². The summed E-state index contributed by atoms with van der Waals surface area (Å²) in [7, 11) is 0. The van der Waals surface area contributed by atoms with Gasteiger partial charge in [0.05, 0.1) is 11.8 Å². The third kappa shape index (κ3) is 2.38. The lowest BCUT2D eigenvalue weighted by Gasteiger charge is -2.22. The van der Waals surface area contributed by atoms with Gasteiger partial charge in [-0.05, 0) is 30.9 Å². The number of ether oxygens (including phenoxy) is 2. The van der Waals surface area contributed by atoms with Crippen molar-refractivity contribution in [3.8, 4) is 0 Å². The second-order valence-electron chi connectivity index (χ2n) is 6.44. The van der Waals surface area contributed by atoms with Crippen LogP contribution in [0.3, 0.4) is 0 Å². The number of benzene rings is 1. The van der Waals surface area contributed by atoms with Crippen molar-refractivity contribution in [1.82, 2.24) is 0 Å². The van der Waals surface area contributed by atoms with Gasteiger partial charge in [-0.2, -0.15) is 0 Å². The molecule has 0 unspecified atom stereocenters. The van der Waals surface area contributed by atoms with Crippen LogP contribution in [0, 0.1) is 23.7 Å². The molecule has 3 fully saturated rings. The minimum absolute atomic E-state index is 0.0112. The molecule has 3 aliphatic rings. The molecule has 0 spiro atoms. The lowest BCUT2D eigenvalue weighted by molar-refractivity contribution is -0.157. The number of para-hydroxylation sites is 1. The Labute approximate surface area is 133 Å². The zero-order valence-electron chi connectivity index (χ0n) is 12.4. The number of hydrogen-bond acceptors (Lipinski definition) is 5. The van der Waals surface area contributed by atoms with Gasteiger partial charge in [0.15, 0.2) is 6.61 Å². The Hall–Kier alpha value is -2.37. The minimum Gasteiger partial charge on any atom is -0.462 e. The van der Waals surface area contributed by atoms with Crippen LogP contribution in [0.5, 0.6) is 0 Å². The molecule has 1 heterocycles. The maximum absolute atomic E-state index is 12.3. The second-order valence-corrected chi connectivity index (χ2v) is 6.44. The predicted octanol–water partition coefficient (Wildman–Crippen LogP) is 1.37. The molecule has 5 atom stereocenters. The topological polar surface area (TPSA) is 81.7 Å². The molecule has 0 aromatic heterocycles. The van der Waals surface area contributed by atoms with Crippen LogP contribution in [0.2, 0.25) is 0 Å². The average Bonchev–Trinajstić information content (AvgIpc) is 3.15. The molecule has 1 saturated heterocycles. The molecule has 120 valence electrons. The Balaban J connectivity index is 1.34. The van der Waals surface area contributed by atoms with E-state index in [0.717, 1.165) is 12.8 Å². The predicted molar refractivity (Wildman–Crippen MR) is 79.1 cm³/mol. The van der Waals surface area contributed by atoms with Crippen LogP contribution in [-0.2, 0) is 23.9 Å². The zero-order chi connectivity index (χ0) is 16.0. The second kappa shape index (κ2) is 5.37. The Morgan fingerprint density at radius 2 is 2.00 bits per heavy atom. The van der Waals surface area contributed by atoms with E-state index >= 15 is 0 Å². The number of hydrogen-bond donors (Lipinski definition) is 1. The minimum atomic E-state index is -0.456. The summed E-state index contributed by atoms with van der Waals surface area (Å²) in [5.74, 6) is -1.65. The van der Waals surface area contributed by atoms with Crippen molar-refractivity contribution in [3.05, 3.63) is 30.3 Å². The molecule has 1 aromatic carbocycles. The van der Waals surface area contributed by atoms with Crippen LogP contribution < -0.4 is 5.32 Å². The third-order valence-corrected chi connectivity index (χ3v) is 5.16. The van der Waals surface area contributed by atoms with Crippen LogP contribution in [0.15, 0.2) is 30.3 Å². The molecule has 0 radical (unpaired) electrons. The highest BCUT2D eigenvalue weighted by atomic mass is 16.6. The van der Waals surface area contributed by atoms with Crippen LogP contribution in [0.25, 0.3) is 0 Å². The van der Waals surface area contributed by atoms with Crippen molar-refractivity contribution in [2.45, 2.75) is 18.9 Å². The average molecular weight is 315 g/mol. The van der Waals surface area contributed by atoms with Gasteiger partial charge in [0.25, 0.3) is 5.91 Å². The lowest BCUT2D eigenvalue weighted by Crippen LogP contribution is -2.34. The van der Waals surface area contributed by atoms with Gasteiger partial charge in [-0.25, -0.2) is 0 Å². The first-order chi connectivity index (χ1) is 11.1. The molecule has 23 heavy (non-hydrogen) atoms. The van der Waals surface area contributed by atoms with Crippen molar-refractivity contribution in [3.63, 3.8) is 0 Å². The van der Waals surface area contributed by atoms with E-state index in [1.165, 1.54) is 0 Å². The van der Waals surface area contributed by atoms with Crippen LogP contribution in [-0.4, -0.2) is 30.6 Å². The van der Waals surface area contributed by atoms with E-state index in [2.05, 4.69) is 5.32 Å². The maximum Gasteiger partial charge on any atom is 0.310 e. The SMILES string of the molecule is O=C(COC(=O)[C@@H]1[C@@H]2C[C@@H]3[C@H]1C(=O)O[C@H]3C2)Nc1ccccc1. The number of nitrogens with one attached hydrogen (secondary N) is 1. The van der Waals surface area contributed by atoms with Gasteiger partial charge in [-0.1, -0.05) is 18.2 Å². The van der Waals surface area contributed by atoms with E-state index < -0.39 is 11.9 Å². The summed E-state index contributed by atoms with van der Waals surface area (Å²) in [6.07, 6.45) is 1.57. The number of rotatable bonds is 4. The molecular weight excluding hydrogens is 298 g/mol. The summed E-state index contributed by atoms with van der Waals surface area (Å²) in [5.41, 5.74) is 0.649. The van der Waals surface area contributed by atoms with Crippen molar-refractivity contribution < 1.29 is 23.9 Å². The molecule has 1 aromatic rings. The summed E-state index contributed by atoms with van der Waals surface area (Å²) in [5, 5.41) is 2.66. The van der Waals surface area contributed by atoms with E-state index in [-0.39, 0.29) is 42.3 Å². The Morgan fingerprint density at radius 3 is 2.78 bits per heavy atom. The zero-order valence-corrected chi connectivity index (χ0v) is 12.4. The molecule has 1 amide bonds. The molecule has 4 rings (SSSR count). The summed E-state index contributed by atoms with van der Waals surface area (Å²) in [6.45, 7) is -0.340. The number of carbonyl (C=O) groups excluding carboxylic acids is 3. The monoisotopic (exact) mass is 315 g/mol. The van der Waals surface area contributed by atoms with Crippen molar-refractivity contribution in [1.29, 1.82) is 0 Å². The molecular formula is C17H17NO5. The maximum atomic E-state index is 12.3. The van der Waals surface area contributed by atoms with E-state index in [0.29, 0.717) is 5.69 Å². The number of carbonyl (C=O) groups is 3. The highest BCUT2D eigenvalue weighted by Crippen LogP contribution is 2.57. The molecule has 6 nitrogen and oxygen atoms in total. The fourth-order valence-electron chi connectivity index (χ4n) is 4.28. The first-order valence-corrected chi connectivity index (χ1v) is 7.85. The normalized spacial score (nSPS) is 33.4. The van der Waals surface area contributed by atoms with E-state index in [1.807, 2.05) is 6.07 Å². The quantitative estimate of drug-likeness (QED) is 0.849. The number of amides is 1. The van der Waals surface area contributed by atoms with Crippen LogP contribution in [0.4, 0.5) is 5.69 Å². The first-order valence-electron chi connectivity index (χ1n) is 7.85. The van der Waals surface area contributed by atoms with Crippen LogP contribution >= 0.6 is 0 Å². The highest BCUT2D eigenvalue weighted by molar-refractivity contribution is 5.93. The Morgan fingerprint density at radius 1 is 1.22 bits per heavy atom. The summed E-state index contributed by atoms with van der Waals surface area (Å²) >= 11 is 0. The largest absolute Gasteiger partial charge is 0.462 e. The van der Waals surface area contributed by atoms with Crippen LogP contribution in [0.1, 0.15) is 12.8 Å². The number of esters is 2. The van der Waals surface area contributed by atoms with Gasteiger partial charge >= 0.3 is 11.9 Å². The highest BCUT2D eigenvalue weighted by Gasteiger charge is 2.64. The van der Waals surface area contributed by atoms with Gasteiger partial charge in [-0.15, -0.1) is 0 Å². The fraction of sp³-hybridized carbons (Fsp3) is 0.471. The summed E-state index contributed by atoms with van der Waals surface area (Å²) in [6, 6.07) is 8.96. The van der Waals surface area contributed by atoms with E-state index in [9.17, 15) is 14.4 Å². The smallest absolute Gasteiger partial charge is 0.310 e.